The fourth-order valence-corrected chi connectivity index (χ4v) is 0.981. The van der Waals surface area contributed by atoms with Crippen LogP contribution in [0.3, 0.4) is 0 Å². The molecule has 0 rings (SSSR count). The lowest BCUT2D eigenvalue weighted by atomic mass is 9.87. The number of aliphatic hydroxyl groups is 1. The van der Waals surface area contributed by atoms with Crippen LogP contribution in [0.25, 0.3) is 0 Å². The van der Waals surface area contributed by atoms with Crippen LogP contribution in [-0.4, -0.2) is 36.9 Å². The summed E-state index contributed by atoms with van der Waals surface area (Å²) < 4.78 is 8.81. The van der Waals surface area contributed by atoms with Gasteiger partial charge in [-0.1, -0.05) is 13.8 Å². The molecule has 14 heavy (non-hydrogen) atoms. The van der Waals surface area contributed by atoms with E-state index in [0.29, 0.717) is 0 Å². The molecule has 0 aliphatic heterocycles. The second-order valence-electron chi connectivity index (χ2n) is 3.32. The summed E-state index contributed by atoms with van der Waals surface area (Å²) in [6, 6.07) is 0. The number of carbonyl (C=O) groups is 2. The third-order valence-corrected chi connectivity index (χ3v) is 2.14. The van der Waals surface area contributed by atoms with Gasteiger partial charge in [0.2, 0.25) is 0 Å². The van der Waals surface area contributed by atoms with Crippen molar-refractivity contribution in [3.63, 3.8) is 0 Å². The fourth-order valence-electron chi connectivity index (χ4n) is 0.981. The van der Waals surface area contributed by atoms with Gasteiger partial charge in [-0.05, 0) is 5.92 Å². The molecule has 0 radical (unpaired) electrons. The van der Waals surface area contributed by atoms with E-state index in [0.717, 1.165) is 7.11 Å². The van der Waals surface area contributed by atoms with Gasteiger partial charge in [-0.25, -0.2) is 4.79 Å². The smallest absolute Gasteiger partial charge is 0.338 e. The molecule has 0 fully saturated rings. The Morgan fingerprint density at radius 2 is 1.79 bits per heavy atom. The van der Waals surface area contributed by atoms with Crippen molar-refractivity contribution in [1.82, 2.24) is 0 Å². The summed E-state index contributed by atoms with van der Waals surface area (Å²) in [6.07, 6.45) is -0.395. The number of hydrogen-bond acceptors (Lipinski definition) is 5. The molecule has 0 saturated heterocycles. The lowest BCUT2D eigenvalue weighted by Crippen LogP contribution is -2.46. The zero-order valence-electron chi connectivity index (χ0n) is 8.86. The molecule has 1 N–H and O–H groups in total. The van der Waals surface area contributed by atoms with Crippen LogP contribution in [0.1, 0.15) is 20.3 Å². The molecule has 0 aromatic carbocycles. The third kappa shape index (κ3) is 2.70. The van der Waals surface area contributed by atoms with E-state index < -0.39 is 29.9 Å². The first-order chi connectivity index (χ1) is 6.38. The van der Waals surface area contributed by atoms with Crippen LogP contribution in [0, 0.1) is 5.92 Å². The molecule has 0 bridgehead atoms. The average Bonchev–Trinajstić information content (AvgIpc) is 2.15. The number of carbonyl (C=O) groups excluding carboxylic acids is 2. The Balaban J connectivity index is 4.73. The van der Waals surface area contributed by atoms with Gasteiger partial charge in [-0.3, -0.25) is 4.79 Å². The third-order valence-electron chi connectivity index (χ3n) is 2.14. The molecule has 0 unspecified atom stereocenters. The van der Waals surface area contributed by atoms with Gasteiger partial charge in [-0.15, -0.1) is 0 Å². The summed E-state index contributed by atoms with van der Waals surface area (Å²) in [6.45, 7) is 3.25. The van der Waals surface area contributed by atoms with Gasteiger partial charge < -0.3 is 14.6 Å². The van der Waals surface area contributed by atoms with Gasteiger partial charge in [0, 0.05) is 0 Å². The molecule has 5 heteroatoms. The second-order valence-corrected chi connectivity index (χ2v) is 3.32. The quantitative estimate of drug-likeness (QED) is 0.658. The first-order valence-corrected chi connectivity index (χ1v) is 4.26. The van der Waals surface area contributed by atoms with E-state index in [-0.39, 0.29) is 0 Å². The largest absolute Gasteiger partial charge is 0.469 e. The van der Waals surface area contributed by atoms with E-state index in [4.69, 9.17) is 0 Å². The standard InChI is InChI=1S/C9H16O5/c1-6(2)9(12,8(11)14-4)5-7(10)13-3/h6,12H,5H2,1-4H3/t9-/m0/s1. The Labute approximate surface area is 83.0 Å². The van der Waals surface area contributed by atoms with Gasteiger partial charge in [0.25, 0.3) is 0 Å². The molecule has 1 atom stereocenters. The summed E-state index contributed by atoms with van der Waals surface area (Å²) >= 11 is 0. The van der Waals surface area contributed by atoms with Crippen LogP contribution in [0.5, 0.6) is 0 Å². The molecular weight excluding hydrogens is 188 g/mol. The molecule has 5 nitrogen and oxygen atoms in total. The van der Waals surface area contributed by atoms with Crippen molar-refractivity contribution in [3.8, 4) is 0 Å². The van der Waals surface area contributed by atoms with Gasteiger partial charge in [0.1, 0.15) is 0 Å². The number of hydrogen-bond donors (Lipinski definition) is 1. The lowest BCUT2D eigenvalue weighted by molar-refractivity contribution is -0.174. The topological polar surface area (TPSA) is 72.8 Å². The molecule has 0 aromatic heterocycles. The van der Waals surface area contributed by atoms with Gasteiger partial charge >= 0.3 is 11.9 Å². The molecule has 0 aliphatic carbocycles. The molecule has 0 heterocycles. The minimum absolute atomic E-state index is 0.395. The van der Waals surface area contributed by atoms with Gasteiger partial charge in [0.15, 0.2) is 5.60 Å². The highest BCUT2D eigenvalue weighted by molar-refractivity contribution is 5.85. The maximum absolute atomic E-state index is 11.2. The van der Waals surface area contributed by atoms with Crippen molar-refractivity contribution in [2.24, 2.45) is 5.92 Å². The van der Waals surface area contributed by atoms with Crippen LogP contribution in [0.15, 0.2) is 0 Å². The molecule has 82 valence electrons. The summed E-state index contributed by atoms with van der Waals surface area (Å²) in [5, 5.41) is 9.88. The minimum Gasteiger partial charge on any atom is -0.469 e. The highest BCUT2D eigenvalue weighted by Gasteiger charge is 2.43. The van der Waals surface area contributed by atoms with E-state index in [1.807, 2.05) is 0 Å². The highest BCUT2D eigenvalue weighted by Crippen LogP contribution is 2.23. The monoisotopic (exact) mass is 204 g/mol. The SMILES string of the molecule is COC(=O)C[C@@](O)(C(=O)OC)C(C)C. The number of esters is 2. The number of ether oxygens (including phenoxy) is 2. The maximum atomic E-state index is 11.2. The van der Waals surface area contributed by atoms with Crippen molar-refractivity contribution in [1.29, 1.82) is 0 Å². The van der Waals surface area contributed by atoms with Crippen LogP contribution in [0.4, 0.5) is 0 Å². The average molecular weight is 204 g/mol. The Hall–Kier alpha value is -1.10. The number of rotatable bonds is 4. The van der Waals surface area contributed by atoms with E-state index in [2.05, 4.69) is 9.47 Å². The van der Waals surface area contributed by atoms with Crippen molar-refractivity contribution in [2.45, 2.75) is 25.9 Å². The van der Waals surface area contributed by atoms with Crippen LogP contribution in [-0.2, 0) is 19.1 Å². The minimum atomic E-state index is -1.80. The molecular formula is C9H16O5. The van der Waals surface area contributed by atoms with Crippen molar-refractivity contribution < 1.29 is 24.2 Å². The van der Waals surface area contributed by atoms with E-state index in [1.165, 1.54) is 7.11 Å². The Bertz CT molecular complexity index is 223. The summed E-state index contributed by atoms with van der Waals surface area (Å²) in [5.41, 5.74) is -1.80. The molecule has 0 saturated carbocycles. The predicted molar refractivity (Wildman–Crippen MR) is 48.4 cm³/mol. The molecule has 0 spiro atoms. The van der Waals surface area contributed by atoms with Crippen LogP contribution < -0.4 is 0 Å². The van der Waals surface area contributed by atoms with Crippen molar-refractivity contribution in [2.75, 3.05) is 14.2 Å². The lowest BCUT2D eigenvalue weighted by Gasteiger charge is -2.27. The maximum Gasteiger partial charge on any atom is 0.338 e. The highest BCUT2D eigenvalue weighted by atomic mass is 16.5. The molecule has 0 aliphatic rings. The first-order valence-electron chi connectivity index (χ1n) is 4.26. The van der Waals surface area contributed by atoms with Crippen molar-refractivity contribution >= 4 is 11.9 Å². The fraction of sp³-hybridized carbons (Fsp3) is 0.778. The second kappa shape index (κ2) is 4.95. The zero-order chi connectivity index (χ0) is 11.4. The van der Waals surface area contributed by atoms with E-state index in [9.17, 15) is 14.7 Å². The first kappa shape index (κ1) is 12.9. The number of methoxy groups -OCH3 is 2. The van der Waals surface area contributed by atoms with Crippen LogP contribution in [0.2, 0.25) is 0 Å². The summed E-state index contributed by atoms with van der Waals surface area (Å²) in [4.78, 5) is 22.2. The molecule has 0 amide bonds. The normalized spacial score (nSPS) is 14.7. The predicted octanol–water partition coefficient (Wildman–Crippen LogP) is 0.110. The Kier molecular flexibility index (Phi) is 4.56. The Morgan fingerprint density at radius 1 is 1.29 bits per heavy atom. The summed E-state index contributed by atoms with van der Waals surface area (Å²) in [5.74, 6) is -1.89. The van der Waals surface area contributed by atoms with Crippen molar-refractivity contribution in [3.05, 3.63) is 0 Å². The molecule has 0 aromatic rings. The van der Waals surface area contributed by atoms with Gasteiger partial charge in [0.05, 0.1) is 20.6 Å². The van der Waals surface area contributed by atoms with Crippen LogP contribution >= 0.6 is 0 Å². The van der Waals surface area contributed by atoms with E-state index >= 15 is 0 Å². The summed E-state index contributed by atoms with van der Waals surface area (Å²) in [7, 11) is 2.35. The Morgan fingerprint density at radius 3 is 2.07 bits per heavy atom. The zero-order valence-corrected chi connectivity index (χ0v) is 8.86. The van der Waals surface area contributed by atoms with Gasteiger partial charge in [-0.2, -0.15) is 0 Å². The van der Waals surface area contributed by atoms with E-state index in [1.54, 1.807) is 13.8 Å².